The lowest BCUT2D eigenvalue weighted by Crippen LogP contribution is -1.99. The Morgan fingerprint density at radius 1 is 1.14 bits per heavy atom. The van der Waals surface area contributed by atoms with Crippen molar-refractivity contribution in [1.29, 1.82) is 0 Å². The Labute approximate surface area is 178 Å². The SMILES string of the molecule is CCOc1ccc(-c2csc3ncnc(Nc4cc(C)c(Cl)cc4OC)c23)cc1. The van der Waals surface area contributed by atoms with E-state index < -0.39 is 0 Å². The van der Waals surface area contributed by atoms with E-state index in [-0.39, 0.29) is 0 Å². The van der Waals surface area contributed by atoms with Gasteiger partial charge in [-0.3, -0.25) is 0 Å². The number of fused-ring (bicyclic) bond motifs is 1. The lowest BCUT2D eigenvalue weighted by atomic mass is 10.1. The Morgan fingerprint density at radius 3 is 2.66 bits per heavy atom. The van der Waals surface area contributed by atoms with E-state index in [9.17, 15) is 0 Å². The van der Waals surface area contributed by atoms with E-state index in [1.165, 1.54) is 0 Å². The fraction of sp³-hybridized carbons (Fsp3) is 0.182. The highest BCUT2D eigenvalue weighted by atomic mass is 35.5. The van der Waals surface area contributed by atoms with Crippen LogP contribution in [0, 0.1) is 6.92 Å². The van der Waals surface area contributed by atoms with Gasteiger partial charge in [-0.25, -0.2) is 9.97 Å². The quantitative estimate of drug-likeness (QED) is 0.383. The monoisotopic (exact) mass is 425 g/mol. The predicted octanol–water partition coefficient (Wildman–Crippen LogP) is 6.47. The molecule has 0 aliphatic rings. The number of hydrogen-bond acceptors (Lipinski definition) is 6. The number of nitrogens with zero attached hydrogens (tertiary/aromatic N) is 2. The summed E-state index contributed by atoms with van der Waals surface area (Å²) in [6, 6.07) is 11.8. The maximum atomic E-state index is 6.24. The van der Waals surface area contributed by atoms with Crippen LogP contribution >= 0.6 is 22.9 Å². The number of halogens is 1. The molecule has 0 bridgehead atoms. The van der Waals surface area contributed by atoms with Crippen molar-refractivity contribution in [3.63, 3.8) is 0 Å². The maximum Gasteiger partial charge on any atom is 0.143 e. The van der Waals surface area contributed by atoms with Crippen LogP contribution in [0.4, 0.5) is 11.5 Å². The van der Waals surface area contributed by atoms with Gasteiger partial charge in [0.05, 0.1) is 24.8 Å². The predicted molar refractivity (Wildman–Crippen MR) is 120 cm³/mol. The average Bonchev–Trinajstić information content (AvgIpc) is 3.16. The molecule has 1 N–H and O–H groups in total. The van der Waals surface area contributed by atoms with Gasteiger partial charge in [-0.05, 0) is 43.2 Å². The van der Waals surface area contributed by atoms with E-state index in [1.807, 2.05) is 32.0 Å². The van der Waals surface area contributed by atoms with Crippen molar-refractivity contribution in [2.24, 2.45) is 0 Å². The van der Waals surface area contributed by atoms with E-state index in [4.69, 9.17) is 21.1 Å². The van der Waals surface area contributed by atoms with Gasteiger partial charge in [0.2, 0.25) is 0 Å². The number of nitrogens with one attached hydrogen (secondary N) is 1. The second-order valence-electron chi connectivity index (χ2n) is 6.44. The van der Waals surface area contributed by atoms with Crippen LogP contribution in [-0.4, -0.2) is 23.7 Å². The molecule has 0 aliphatic heterocycles. The Hall–Kier alpha value is -2.83. The van der Waals surface area contributed by atoms with Crippen molar-refractivity contribution in [3.8, 4) is 22.6 Å². The van der Waals surface area contributed by atoms with E-state index in [2.05, 4.69) is 32.8 Å². The van der Waals surface area contributed by atoms with Crippen molar-refractivity contribution < 1.29 is 9.47 Å². The van der Waals surface area contributed by atoms with Crippen molar-refractivity contribution in [2.75, 3.05) is 19.0 Å². The van der Waals surface area contributed by atoms with Crippen LogP contribution < -0.4 is 14.8 Å². The molecule has 7 heteroatoms. The number of anilines is 2. The van der Waals surface area contributed by atoms with Crippen LogP contribution in [0.1, 0.15) is 12.5 Å². The molecule has 148 valence electrons. The minimum absolute atomic E-state index is 0.644. The van der Waals surface area contributed by atoms with Gasteiger partial charge in [-0.2, -0.15) is 0 Å². The van der Waals surface area contributed by atoms with E-state index in [0.717, 1.165) is 44.2 Å². The molecular formula is C22H20ClN3O2S. The Bertz CT molecular complexity index is 1160. The first-order chi connectivity index (χ1) is 14.1. The Kier molecular flexibility index (Phi) is 5.56. The number of rotatable bonds is 6. The average molecular weight is 426 g/mol. The van der Waals surface area contributed by atoms with Crippen LogP contribution in [0.15, 0.2) is 48.1 Å². The van der Waals surface area contributed by atoms with Gasteiger partial charge in [-0.15, -0.1) is 11.3 Å². The lowest BCUT2D eigenvalue weighted by Gasteiger charge is -2.14. The molecule has 4 aromatic rings. The maximum absolute atomic E-state index is 6.24. The smallest absolute Gasteiger partial charge is 0.143 e. The molecule has 0 saturated heterocycles. The van der Waals surface area contributed by atoms with Crippen LogP contribution in [0.25, 0.3) is 21.3 Å². The normalized spacial score (nSPS) is 10.9. The van der Waals surface area contributed by atoms with Gasteiger partial charge in [0, 0.05) is 22.0 Å². The first-order valence-corrected chi connectivity index (χ1v) is 10.4. The highest BCUT2D eigenvalue weighted by Crippen LogP contribution is 2.40. The molecule has 4 rings (SSSR count). The van der Waals surface area contributed by atoms with Gasteiger partial charge in [0.25, 0.3) is 0 Å². The molecule has 0 fully saturated rings. The number of aromatic nitrogens is 2. The number of hydrogen-bond donors (Lipinski definition) is 1. The number of thiophene rings is 1. The van der Waals surface area contributed by atoms with Crippen molar-refractivity contribution in [1.82, 2.24) is 9.97 Å². The minimum atomic E-state index is 0.644. The summed E-state index contributed by atoms with van der Waals surface area (Å²) in [6.45, 7) is 4.58. The molecule has 0 aliphatic carbocycles. The summed E-state index contributed by atoms with van der Waals surface area (Å²) < 4.78 is 11.1. The fourth-order valence-corrected chi connectivity index (χ4v) is 4.21. The zero-order valence-corrected chi connectivity index (χ0v) is 17.9. The molecule has 5 nitrogen and oxygen atoms in total. The van der Waals surface area contributed by atoms with E-state index >= 15 is 0 Å². The number of benzene rings is 2. The molecule has 2 heterocycles. The Morgan fingerprint density at radius 2 is 1.93 bits per heavy atom. The standard InChI is InChI=1S/C22H20ClN3O2S/c1-4-28-15-7-5-14(6-8-15)16-11-29-22-20(16)21(24-12-25-22)26-18-9-13(2)17(23)10-19(18)27-3/h5-12H,4H2,1-3H3,(H,24,25,26). The van der Waals surface area contributed by atoms with Gasteiger partial charge in [0.15, 0.2) is 0 Å². The molecule has 0 saturated carbocycles. The first kappa shape index (κ1) is 19.5. The zero-order chi connectivity index (χ0) is 20.4. The van der Waals surface area contributed by atoms with Gasteiger partial charge >= 0.3 is 0 Å². The van der Waals surface area contributed by atoms with Gasteiger partial charge in [-0.1, -0.05) is 23.7 Å². The van der Waals surface area contributed by atoms with Crippen LogP contribution in [-0.2, 0) is 0 Å². The number of methoxy groups -OCH3 is 1. The third-order valence-corrected chi connectivity index (χ3v) is 5.87. The topological polar surface area (TPSA) is 56.3 Å². The summed E-state index contributed by atoms with van der Waals surface area (Å²) in [7, 11) is 1.62. The molecule has 0 amide bonds. The fourth-order valence-electron chi connectivity index (χ4n) is 3.14. The summed E-state index contributed by atoms with van der Waals surface area (Å²) in [5.41, 5.74) is 3.91. The van der Waals surface area contributed by atoms with E-state index in [1.54, 1.807) is 30.8 Å². The molecule has 0 radical (unpaired) electrons. The Balaban J connectivity index is 1.79. The summed E-state index contributed by atoms with van der Waals surface area (Å²) in [6.07, 6.45) is 1.57. The van der Waals surface area contributed by atoms with Crippen molar-refractivity contribution in [3.05, 3.63) is 58.7 Å². The third-order valence-electron chi connectivity index (χ3n) is 4.58. The zero-order valence-electron chi connectivity index (χ0n) is 16.3. The molecular weight excluding hydrogens is 406 g/mol. The van der Waals surface area contributed by atoms with Crippen molar-refractivity contribution in [2.45, 2.75) is 13.8 Å². The number of aryl methyl sites for hydroxylation is 1. The molecule has 0 unspecified atom stereocenters. The summed E-state index contributed by atoms with van der Waals surface area (Å²) in [5, 5.41) is 7.14. The molecule has 2 aromatic carbocycles. The largest absolute Gasteiger partial charge is 0.495 e. The highest BCUT2D eigenvalue weighted by Gasteiger charge is 2.15. The second kappa shape index (κ2) is 8.27. The third kappa shape index (κ3) is 3.86. The molecule has 0 spiro atoms. The number of ether oxygens (including phenoxy) is 2. The molecule has 0 atom stereocenters. The molecule has 29 heavy (non-hydrogen) atoms. The van der Waals surface area contributed by atoms with Gasteiger partial charge < -0.3 is 14.8 Å². The first-order valence-electron chi connectivity index (χ1n) is 9.17. The molecule has 2 aromatic heterocycles. The van der Waals surface area contributed by atoms with Crippen LogP contribution in [0.2, 0.25) is 5.02 Å². The summed E-state index contributed by atoms with van der Waals surface area (Å²) in [4.78, 5) is 9.86. The van der Waals surface area contributed by atoms with E-state index in [0.29, 0.717) is 17.4 Å². The van der Waals surface area contributed by atoms with Crippen LogP contribution in [0.3, 0.4) is 0 Å². The second-order valence-corrected chi connectivity index (χ2v) is 7.70. The van der Waals surface area contributed by atoms with Crippen molar-refractivity contribution >= 4 is 44.7 Å². The summed E-state index contributed by atoms with van der Waals surface area (Å²) >= 11 is 7.83. The minimum Gasteiger partial charge on any atom is -0.495 e. The summed E-state index contributed by atoms with van der Waals surface area (Å²) in [5.74, 6) is 2.23. The van der Waals surface area contributed by atoms with Crippen LogP contribution in [0.5, 0.6) is 11.5 Å². The van der Waals surface area contributed by atoms with Gasteiger partial charge in [0.1, 0.15) is 28.5 Å². The highest BCUT2D eigenvalue weighted by molar-refractivity contribution is 7.17. The lowest BCUT2D eigenvalue weighted by molar-refractivity contribution is 0.340.